The second-order valence-corrected chi connectivity index (χ2v) is 8.13. The number of carbonyl (C=O) groups is 2. The van der Waals surface area contributed by atoms with Crippen molar-refractivity contribution in [3.63, 3.8) is 0 Å². The molecule has 1 amide bonds. The smallest absolute Gasteiger partial charge is 0.339 e. The number of carbonyl (C=O) groups excluding carboxylic acids is 2. The zero-order valence-electron chi connectivity index (χ0n) is 18.8. The number of hydrogen-bond donors (Lipinski definition) is 1. The summed E-state index contributed by atoms with van der Waals surface area (Å²) in [5, 5.41) is 18.1. The number of benzene rings is 1. The summed E-state index contributed by atoms with van der Waals surface area (Å²) in [6, 6.07) is 4.58. The summed E-state index contributed by atoms with van der Waals surface area (Å²) in [7, 11) is 0. The number of anilines is 1. The minimum atomic E-state index is -1.23. The minimum Gasteiger partial charge on any atom is -0.449 e. The molecule has 1 N–H and O–H groups in total. The van der Waals surface area contributed by atoms with Crippen molar-refractivity contribution < 1.29 is 23.6 Å². The predicted octanol–water partition coefficient (Wildman–Crippen LogP) is 4.37. The molecule has 3 aromatic rings. The second-order valence-electron chi connectivity index (χ2n) is 8.13. The molecule has 33 heavy (non-hydrogen) atoms. The Morgan fingerprint density at radius 1 is 1.18 bits per heavy atom. The van der Waals surface area contributed by atoms with Gasteiger partial charge in [0.25, 0.3) is 5.91 Å². The molecule has 0 spiro atoms. The van der Waals surface area contributed by atoms with E-state index in [1.54, 1.807) is 10.7 Å². The number of rotatable bonds is 7. The topological polar surface area (TPSA) is 129 Å². The number of amides is 1. The highest BCUT2D eigenvalue weighted by atomic mass is 19.1. The Morgan fingerprint density at radius 2 is 1.88 bits per heavy atom. The monoisotopic (exact) mass is 457 g/mol. The number of nitro benzene ring substituents is 1. The molecule has 0 saturated carbocycles. The van der Waals surface area contributed by atoms with E-state index in [1.165, 1.54) is 19.2 Å². The van der Waals surface area contributed by atoms with E-state index < -0.39 is 34.4 Å². The van der Waals surface area contributed by atoms with Gasteiger partial charge < -0.3 is 10.1 Å². The molecule has 0 fully saturated rings. The van der Waals surface area contributed by atoms with E-state index in [0.29, 0.717) is 16.7 Å². The van der Waals surface area contributed by atoms with Gasteiger partial charge in [-0.3, -0.25) is 14.9 Å². The van der Waals surface area contributed by atoms with Crippen molar-refractivity contribution in [3.05, 3.63) is 57.7 Å². The van der Waals surface area contributed by atoms with Crippen molar-refractivity contribution in [2.45, 2.75) is 52.7 Å². The Labute approximate surface area is 188 Å². The standard InChI is InChI=1S/C22H24FN5O5/c1-11(2)18-9-15(16-10-24-27(12(3)4)20(16)26-18)22(30)33-13(5)21(29)25-14-6-7-17(23)19(8-14)28(31)32/h6-13H,1-5H3,(H,25,29). The van der Waals surface area contributed by atoms with Gasteiger partial charge in [-0.1, -0.05) is 13.8 Å². The Kier molecular flexibility index (Phi) is 6.70. The van der Waals surface area contributed by atoms with Crippen LogP contribution in [0, 0.1) is 15.9 Å². The molecular formula is C22H24FN5O5. The molecule has 0 aliphatic carbocycles. The van der Waals surface area contributed by atoms with Crippen LogP contribution in [-0.4, -0.2) is 37.7 Å². The number of nitrogens with zero attached hydrogens (tertiary/aromatic N) is 4. The average Bonchev–Trinajstić information content (AvgIpc) is 3.18. The van der Waals surface area contributed by atoms with Crippen LogP contribution in [0.1, 0.15) is 62.6 Å². The molecule has 0 aliphatic rings. The highest BCUT2D eigenvalue weighted by Gasteiger charge is 2.24. The van der Waals surface area contributed by atoms with Gasteiger partial charge in [-0.05, 0) is 44.9 Å². The van der Waals surface area contributed by atoms with Gasteiger partial charge in [0.1, 0.15) is 0 Å². The van der Waals surface area contributed by atoms with E-state index in [2.05, 4.69) is 15.4 Å². The first kappa shape index (κ1) is 23.8. The van der Waals surface area contributed by atoms with Gasteiger partial charge >= 0.3 is 11.7 Å². The van der Waals surface area contributed by atoms with Crippen LogP contribution in [0.15, 0.2) is 30.5 Å². The van der Waals surface area contributed by atoms with Crippen LogP contribution in [-0.2, 0) is 9.53 Å². The van der Waals surface area contributed by atoms with E-state index in [9.17, 15) is 24.1 Å². The van der Waals surface area contributed by atoms with Crippen LogP contribution < -0.4 is 5.32 Å². The summed E-state index contributed by atoms with van der Waals surface area (Å²) in [4.78, 5) is 40.1. The molecule has 2 heterocycles. The van der Waals surface area contributed by atoms with E-state index in [0.717, 1.165) is 12.1 Å². The summed E-state index contributed by atoms with van der Waals surface area (Å²) in [6.07, 6.45) is 0.304. The Morgan fingerprint density at radius 3 is 2.48 bits per heavy atom. The fourth-order valence-corrected chi connectivity index (χ4v) is 3.13. The van der Waals surface area contributed by atoms with Gasteiger partial charge in [0.05, 0.1) is 22.1 Å². The molecule has 2 aromatic heterocycles. The molecule has 3 rings (SSSR count). The molecule has 1 aromatic carbocycles. The van der Waals surface area contributed by atoms with Crippen molar-refractivity contribution in [1.29, 1.82) is 0 Å². The summed E-state index contributed by atoms with van der Waals surface area (Å²) < 4.78 is 20.6. The number of pyridine rings is 1. The summed E-state index contributed by atoms with van der Waals surface area (Å²) in [5.41, 5.74) is 0.668. The third-order valence-corrected chi connectivity index (χ3v) is 4.95. The van der Waals surface area contributed by atoms with Crippen LogP contribution in [0.3, 0.4) is 0 Å². The number of nitro groups is 1. The van der Waals surface area contributed by atoms with Crippen molar-refractivity contribution >= 4 is 34.3 Å². The summed E-state index contributed by atoms with van der Waals surface area (Å²) >= 11 is 0. The number of fused-ring (bicyclic) bond motifs is 1. The van der Waals surface area contributed by atoms with Gasteiger partial charge in [0.15, 0.2) is 11.8 Å². The molecule has 1 unspecified atom stereocenters. The third-order valence-electron chi connectivity index (χ3n) is 4.95. The van der Waals surface area contributed by atoms with Crippen LogP contribution in [0.2, 0.25) is 0 Å². The fourth-order valence-electron chi connectivity index (χ4n) is 3.13. The molecule has 0 bridgehead atoms. The van der Waals surface area contributed by atoms with E-state index in [-0.39, 0.29) is 23.2 Å². The maximum absolute atomic E-state index is 13.5. The first-order chi connectivity index (χ1) is 15.5. The number of ether oxygens (including phenoxy) is 1. The van der Waals surface area contributed by atoms with Gasteiger partial charge in [-0.2, -0.15) is 9.49 Å². The first-order valence-electron chi connectivity index (χ1n) is 10.3. The normalized spacial score (nSPS) is 12.2. The van der Waals surface area contributed by atoms with Crippen LogP contribution >= 0.6 is 0 Å². The molecule has 1 atom stereocenters. The van der Waals surface area contributed by atoms with Gasteiger partial charge in [-0.25, -0.2) is 14.5 Å². The lowest BCUT2D eigenvalue weighted by atomic mass is 10.1. The summed E-state index contributed by atoms with van der Waals surface area (Å²) in [6.45, 7) is 9.14. The van der Waals surface area contributed by atoms with Crippen LogP contribution in [0.25, 0.3) is 11.0 Å². The van der Waals surface area contributed by atoms with Crippen LogP contribution in [0.4, 0.5) is 15.8 Å². The molecular weight excluding hydrogens is 433 g/mol. The number of halogens is 1. The first-order valence-corrected chi connectivity index (χ1v) is 10.3. The largest absolute Gasteiger partial charge is 0.449 e. The molecule has 0 saturated heterocycles. The number of esters is 1. The van der Waals surface area contributed by atoms with Crippen molar-refractivity contribution in [1.82, 2.24) is 14.8 Å². The fraction of sp³-hybridized carbons (Fsp3) is 0.364. The van der Waals surface area contributed by atoms with Gasteiger partial charge in [0, 0.05) is 23.5 Å². The third kappa shape index (κ3) is 4.97. The minimum absolute atomic E-state index is 0.00241. The summed E-state index contributed by atoms with van der Waals surface area (Å²) in [5.74, 6) is -2.45. The predicted molar refractivity (Wildman–Crippen MR) is 119 cm³/mol. The maximum Gasteiger partial charge on any atom is 0.339 e. The lowest BCUT2D eigenvalue weighted by Crippen LogP contribution is -2.30. The molecule has 11 heteroatoms. The average molecular weight is 457 g/mol. The second kappa shape index (κ2) is 9.31. The van der Waals surface area contributed by atoms with E-state index in [1.807, 2.05) is 27.7 Å². The molecule has 10 nitrogen and oxygen atoms in total. The zero-order chi connectivity index (χ0) is 24.4. The maximum atomic E-state index is 13.5. The highest BCUT2D eigenvalue weighted by Crippen LogP contribution is 2.26. The number of hydrogen-bond acceptors (Lipinski definition) is 7. The van der Waals surface area contributed by atoms with Gasteiger partial charge in [-0.15, -0.1) is 0 Å². The number of nitrogens with one attached hydrogen (secondary N) is 1. The van der Waals surface area contributed by atoms with Crippen LogP contribution in [0.5, 0.6) is 0 Å². The molecule has 0 radical (unpaired) electrons. The SMILES string of the molecule is CC(OC(=O)c1cc(C(C)C)nc2c1cnn2C(C)C)C(=O)Nc1ccc(F)c([N+](=O)[O-])c1. The Bertz CT molecular complexity index is 1240. The van der Waals surface area contributed by atoms with Crippen molar-refractivity contribution in [3.8, 4) is 0 Å². The zero-order valence-corrected chi connectivity index (χ0v) is 18.8. The quantitative estimate of drug-likeness (QED) is 0.317. The molecule has 174 valence electrons. The van der Waals surface area contributed by atoms with Crippen molar-refractivity contribution in [2.75, 3.05) is 5.32 Å². The molecule has 0 aliphatic heterocycles. The van der Waals surface area contributed by atoms with Gasteiger partial charge in [0.2, 0.25) is 5.82 Å². The lowest BCUT2D eigenvalue weighted by Gasteiger charge is -2.15. The van der Waals surface area contributed by atoms with E-state index in [4.69, 9.17) is 4.74 Å². The Balaban J connectivity index is 1.84. The highest BCUT2D eigenvalue weighted by molar-refractivity contribution is 6.04. The lowest BCUT2D eigenvalue weighted by molar-refractivity contribution is -0.387. The number of aromatic nitrogens is 3. The van der Waals surface area contributed by atoms with E-state index >= 15 is 0 Å². The Hall–Kier alpha value is -3.89. The van der Waals surface area contributed by atoms with Crippen molar-refractivity contribution in [2.24, 2.45) is 0 Å².